The lowest BCUT2D eigenvalue weighted by molar-refractivity contribution is 0.372. The molecule has 0 unspecified atom stereocenters. The fraction of sp³-hybridized carbons (Fsp3) is 0.500. The fourth-order valence-electron chi connectivity index (χ4n) is 1.49. The lowest BCUT2D eigenvalue weighted by Gasteiger charge is -2.08. The van der Waals surface area contributed by atoms with Crippen LogP contribution in [0.15, 0.2) is 15.8 Å². The van der Waals surface area contributed by atoms with Crippen LogP contribution in [0.2, 0.25) is 0 Å². The molecule has 0 atom stereocenters. The number of nitrogens with one attached hydrogen (secondary N) is 1. The molecular formula is C12H17N2O5P. The molecule has 1 aromatic heterocycles. The Morgan fingerprint density at radius 2 is 2.05 bits per heavy atom. The van der Waals surface area contributed by atoms with Crippen molar-refractivity contribution in [1.82, 2.24) is 9.55 Å². The van der Waals surface area contributed by atoms with E-state index in [4.69, 9.17) is 9.79 Å². The monoisotopic (exact) mass is 300 g/mol. The number of nitrogens with zero attached hydrogens (tertiary/aromatic N) is 1. The van der Waals surface area contributed by atoms with Gasteiger partial charge in [0.25, 0.3) is 5.56 Å². The minimum absolute atomic E-state index is 0.102. The van der Waals surface area contributed by atoms with E-state index in [2.05, 4.69) is 16.8 Å². The normalized spacial score (nSPS) is 11.2. The quantitative estimate of drug-likeness (QED) is 0.424. The number of rotatable bonds is 4. The molecule has 20 heavy (non-hydrogen) atoms. The number of aromatic nitrogens is 2. The first-order valence-electron chi connectivity index (χ1n) is 6.09. The van der Waals surface area contributed by atoms with Crippen molar-refractivity contribution < 1.29 is 14.4 Å². The second-order valence-electron chi connectivity index (χ2n) is 4.60. The van der Waals surface area contributed by atoms with E-state index >= 15 is 0 Å². The molecule has 0 fully saturated rings. The van der Waals surface area contributed by atoms with E-state index in [-0.39, 0.29) is 30.6 Å². The number of aromatic amines is 1. The highest BCUT2D eigenvalue weighted by atomic mass is 31.2. The van der Waals surface area contributed by atoms with Crippen LogP contribution < -0.4 is 11.2 Å². The topological polar surface area (TPSA) is 112 Å². The Morgan fingerprint density at radius 3 is 2.60 bits per heavy atom. The highest BCUT2D eigenvalue weighted by Crippen LogP contribution is 2.35. The molecule has 0 saturated heterocycles. The van der Waals surface area contributed by atoms with Gasteiger partial charge in [0, 0.05) is 18.7 Å². The maximum atomic E-state index is 11.5. The summed E-state index contributed by atoms with van der Waals surface area (Å²) in [6.45, 7) is 3.61. The molecule has 0 saturated carbocycles. The van der Waals surface area contributed by atoms with Gasteiger partial charge in [-0.05, 0) is 20.3 Å². The maximum absolute atomic E-state index is 11.5. The minimum Gasteiger partial charge on any atom is -0.324 e. The van der Waals surface area contributed by atoms with Gasteiger partial charge in [-0.3, -0.25) is 18.9 Å². The van der Waals surface area contributed by atoms with Gasteiger partial charge in [0.05, 0.1) is 6.16 Å². The molecule has 0 aliphatic rings. The Kier molecular flexibility index (Phi) is 5.52. The summed E-state index contributed by atoms with van der Waals surface area (Å²) in [7, 11) is -4.00. The van der Waals surface area contributed by atoms with E-state index in [1.54, 1.807) is 13.8 Å². The molecule has 0 aromatic carbocycles. The highest BCUT2D eigenvalue weighted by molar-refractivity contribution is 7.51. The third-order valence-corrected chi connectivity index (χ3v) is 3.40. The molecule has 0 aliphatic heterocycles. The summed E-state index contributed by atoms with van der Waals surface area (Å²) in [6.07, 6.45) is 1.68. The number of hydrogen-bond acceptors (Lipinski definition) is 3. The van der Waals surface area contributed by atoms with Gasteiger partial charge < -0.3 is 9.79 Å². The number of hydrogen-bond donors (Lipinski definition) is 3. The van der Waals surface area contributed by atoms with Gasteiger partial charge in [0.1, 0.15) is 5.56 Å². The van der Waals surface area contributed by atoms with Crippen LogP contribution >= 0.6 is 7.60 Å². The SMILES string of the molecule is CC(C)n1cc(C#CCCCP(=O)(O)O)c(=O)[nH]c1=O. The van der Waals surface area contributed by atoms with Crippen molar-refractivity contribution in [3.05, 3.63) is 32.6 Å². The standard InChI is InChI=1S/C12H17N2O5P/c1-9(2)14-8-10(11(15)13-12(14)16)6-4-3-5-7-20(17,18)19/h8-9H,3,5,7H2,1-2H3,(H,13,15,16)(H2,17,18,19). The second-order valence-corrected chi connectivity index (χ2v) is 6.37. The van der Waals surface area contributed by atoms with Crippen LogP contribution in [-0.4, -0.2) is 25.5 Å². The summed E-state index contributed by atoms with van der Waals surface area (Å²) >= 11 is 0. The van der Waals surface area contributed by atoms with E-state index in [0.717, 1.165) is 0 Å². The molecule has 0 aliphatic carbocycles. The summed E-state index contributed by atoms with van der Waals surface area (Å²) < 4.78 is 12.0. The molecule has 8 heteroatoms. The molecule has 3 N–H and O–H groups in total. The van der Waals surface area contributed by atoms with Crippen LogP contribution in [0.5, 0.6) is 0 Å². The molecule has 0 amide bonds. The van der Waals surface area contributed by atoms with Crippen LogP contribution in [0.1, 0.15) is 38.3 Å². The average Bonchev–Trinajstić information content (AvgIpc) is 2.29. The van der Waals surface area contributed by atoms with Crippen molar-refractivity contribution >= 4 is 7.60 Å². The number of unbranched alkanes of at least 4 members (excludes halogenated alkanes) is 1. The second kappa shape index (κ2) is 6.71. The van der Waals surface area contributed by atoms with Gasteiger partial charge in [-0.2, -0.15) is 0 Å². The minimum atomic E-state index is -4.00. The van der Waals surface area contributed by atoms with Gasteiger partial charge in [-0.25, -0.2) is 4.79 Å². The molecule has 1 heterocycles. The van der Waals surface area contributed by atoms with E-state index in [1.165, 1.54) is 10.8 Å². The Balaban J connectivity index is 2.84. The summed E-state index contributed by atoms with van der Waals surface area (Å²) in [5.74, 6) is 5.29. The zero-order chi connectivity index (χ0) is 15.3. The molecule has 110 valence electrons. The summed E-state index contributed by atoms with van der Waals surface area (Å²) in [5, 5.41) is 0. The highest BCUT2D eigenvalue weighted by Gasteiger charge is 2.10. The predicted octanol–water partition coefficient (Wildman–Crippen LogP) is 0.427. The van der Waals surface area contributed by atoms with Gasteiger partial charge >= 0.3 is 13.3 Å². The molecule has 1 rings (SSSR count). The Hall–Kier alpha value is -1.61. The molecule has 0 bridgehead atoms. The van der Waals surface area contributed by atoms with Crippen molar-refractivity contribution in [2.24, 2.45) is 0 Å². The third kappa shape index (κ3) is 5.17. The summed E-state index contributed by atoms with van der Waals surface area (Å²) in [6, 6.07) is -0.102. The van der Waals surface area contributed by atoms with Crippen LogP contribution in [0.4, 0.5) is 0 Å². The van der Waals surface area contributed by atoms with Gasteiger partial charge in [0.2, 0.25) is 0 Å². The van der Waals surface area contributed by atoms with Crippen molar-refractivity contribution in [1.29, 1.82) is 0 Å². The van der Waals surface area contributed by atoms with E-state index in [1.807, 2.05) is 0 Å². The van der Waals surface area contributed by atoms with Crippen molar-refractivity contribution in [2.45, 2.75) is 32.7 Å². The Bertz CT molecular complexity index is 686. The van der Waals surface area contributed by atoms with Crippen molar-refractivity contribution in [3.8, 4) is 11.8 Å². The summed E-state index contributed by atoms with van der Waals surface area (Å²) in [5.41, 5.74) is -0.888. The predicted molar refractivity (Wildman–Crippen MR) is 74.7 cm³/mol. The maximum Gasteiger partial charge on any atom is 0.328 e. The van der Waals surface area contributed by atoms with E-state index < -0.39 is 18.8 Å². The van der Waals surface area contributed by atoms with Crippen molar-refractivity contribution in [3.63, 3.8) is 0 Å². The van der Waals surface area contributed by atoms with E-state index in [0.29, 0.717) is 0 Å². The average molecular weight is 300 g/mol. The Morgan fingerprint density at radius 1 is 1.40 bits per heavy atom. The summed E-state index contributed by atoms with van der Waals surface area (Å²) in [4.78, 5) is 42.6. The van der Waals surface area contributed by atoms with Crippen molar-refractivity contribution in [2.75, 3.05) is 6.16 Å². The van der Waals surface area contributed by atoms with Crippen LogP contribution in [0, 0.1) is 11.8 Å². The van der Waals surface area contributed by atoms with Crippen LogP contribution in [0.25, 0.3) is 0 Å². The first-order valence-corrected chi connectivity index (χ1v) is 7.89. The smallest absolute Gasteiger partial charge is 0.324 e. The largest absolute Gasteiger partial charge is 0.328 e. The lowest BCUT2D eigenvalue weighted by Crippen LogP contribution is -2.31. The van der Waals surface area contributed by atoms with Gasteiger partial charge in [-0.15, -0.1) is 0 Å². The number of H-pyrrole nitrogens is 1. The third-order valence-electron chi connectivity index (χ3n) is 2.50. The van der Waals surface area contributed by atoms with Crippen LogP contribution in [-0.2, 0) is 4.57 Å². The molecule has 1 aromatic rings. The molecular weight excluding hydrogens is 283 g/mol. The zero-order valence-corrected chi connectivity index (χ0v) is 12.2. The lowest BCUT2D eigenvalue weighted by atomic mass is 10.3. The molecule has 7 nitrogen and oxygen atoms in total. The molecule has 0 radical (unpaired) electrons. The fourth-order valence-corrected chi connectivity index (χ4v) is 2.06. The Labute approximate surface area is 115 Å². The van der Waals surface area contributed by atoms with Gasteiger partial charge in [-0.1, -0.05) is 11.8 Å². The first-order chi connectivity index (χ1) is 9.20. The molecule has 0 spiro atoms. The first kappa shape index (κ1) is 16.4. The zero-order valence-electron chi connectivity index (χ0n) is 11.3. The van der Waals surface area contributed by atoms with E-state index in [9.17, 15) is 14.2 Å². The van der Waals surface area contributed by atoms with Gasteiger partial charge in [0.15, 0.2) is 0 Å². The van der Waals surface area contributed by atoms with Crippen LogP contribution in [0.3, 0.4) is 0 Å².